The molecular formula is C32H34ClNO8. The van der Waals surface area contributed by atoms with Crippen molar-refractivity contribution in [1.82, 2.24) is 4.90 Å². The third-order valence-electron chi connectivity index (χ3n) is 6.56. The molecule has 3 aromatic carbocycles. The average molecular weight is 596 g/mol. The van der Waals surface area contributed by atoms with Gasteiger partial charge in [0.2, 0.25) is 0 Å². The number of carbonyl (C=O) groups excluding carboxylic acids is 1. The number of rotatable bonds is 15. The summed E-state index contributed by atoms with van der Waals surface area (Å²) in [7, 11) is 0. The van der Waals surface area contributed by atoms with E-state index in [1.165, 1.54) is 12.1 Å². The molecule has 0 atom stereocenters. The van der Waals surface area contributed by atoms with Gasteiger partial charge in [0, 0.05) is 12.1 Å². The smallest absolute Gasteiger partial charge is 0.344 e. The molecular weight excluding hydrogens is 562 g/mol. The van der Waals surface area contributed by atoms with Crippen LogP contribution >= 0.6 is 11.6 Å². The summed E-state index contributed by atoms with van der Waals surface area (Å²) in [6.07, 6.45) is -2.27. The van der Waals surface area contributed by atoms with Crippen molar-refractivity contribution in [3.63, 3.8) is 0 Å². The molecule has 0 spiro atoms. The van der Waals surface area contributed by atoms with Crippen LogP contribution in [0.5, 0.6) is 11.5 Å². The number of aliphatic hydroxyl groups is 1. The molecule has 0 aromatic heterocycles. The van der Waals surface area contributed by atoms with Crippen LogP contribution in [0.4, 0.5) is 0 Å². The molecule has 0 bridgehead atoms. The van der Waals surface area contributed by atoms with E-state index in [9.17, 15) is 19.5 Å². The Morgan fingerprint density at radius 3 is 1.95 bits per heavy atom. The third kappa shape index (κ3) is 8.91. The van der Waals surface area contributed by atoms with E-state index in [1.54, 1.807) is 12.1 Å². The summed E-state index contributed by atoms with van der Waals surface area (Å²) in [5.74, 6) is -3.83. The number of hydrogen-bond donors (Lipinski definition) is 3. The minimum atomic E-state index is -2.75. The predicted molar refractivity (Wildman–Crippen MR) is 159 cm³/mol. The Bertz CT molecular complexity index is 1390. The molecule has 0 heterocycles. The number of benzene rings is 3. The van der Waals surface area contributed by atoms with Crippen molar-refractivity contribution in [2.75, 3.05) is 26.2 Å². The minimum Gasteiger partial charge on any atom is -0.492 e. The maximum atomic E-state index is 12.8. The predicted octanol–water partition coefficient (Wildman–Crippen LogP) is 5.15. The molecule has 0 aliphatic rings. The van der Waals surface area contributed by atoms with Gasteiger partial charge in [-0.2, -0.15) is 0 Å². The Labute approximate surface area is 249 Å². The van der Waals surface area contributed by atoms with Crippen LogP contribution in [0, 0.1) is 0 Å². The van der Waals surface area contributed by atoms with Gasteiger partial charge in [0.05, 0.1) is 17.9 Å². The standard InChI is InChI=1S/C32H34ClNO8/c1-3-34(4-2)17-18-41-25-15-13-22(14-16-25)29(30(33)23-9-6-5-7-10-23)24-11-8-12-26(19-24)42-31(39)32(40,20-27(35)36)21-28(37)38/h5-16,19,40H,3-4,17-18,20-21H2,1-2H3,(H,35,36)(H,37,38)/b30-29+. The topological polar surface area (TPSA) is 134 Å². The molecule has 0 fully saturated rings. The van der Waals surface area contributed by atoms with Crippen LogP contribution in [-0.2, 0) is 14.4 Å². The van der Waals surface area contributed by atoms with Crippen LogP contribution in [0.1, 0.15) is 43.4 Å². The molecule has 0 saturated carbocycles. The largest absolute Gasteiger partial charge is 0.492 e. The fraction of sp³-hybridized carbons (Fsp3) is 0.281. The van der Waals surface area contributed by atoms with Gasteiger partial charge >= 0.3 is 17.9 Å². The summed E-state index contributed by atoms with van der Waals surface area (Å²) in [5, 5.41) is 29.2. The molecule has 0 amide bonds. The number of hydrogen-bond acceptors (Lipinski definition) is 7. The number of carboxylic acid groups (broad SMARTS) is 2. The van der Waals surface area contributed by atoms with E-state index in [0.717, 1.165) is 30.8 Å². The minimum absolute atomic E-state index is 0.0295. The second-order valence-corrected chi connectivity index (χ2v) is 9.92. The lowest BCUT2D eigenvalue weighted by Crippen LogP contribution is -2.45. The zero-order valence-electron chi connectivity index (χ0n) is 23.5. The number of carbonyl (C=O) groups is 3. The summed E-state index contributed by atoms with van der Waals surface area (Å²) in [6, 6.07) is 23.0. The van der Waals surface area contributed by atoms with Gasteiger partial charge in [-0.1, -0.05) is 80.0 Å². The van der Waals surface area contributed by atoms with Crippen molar-refractivity contribution in [2.24, 2.45) is 0 Å². The number of nitrogens with zero attached hydrogens (tertiary/aromatic N) is 1. The summed E-state index contributed by atoms with van der Waals surface area (Å²) in [6.45, 7) is 7.43. The fourth-order valence-electron chi connectivity index (χ4n) is 4.32. The number of ether oxygens (including phenoxy) is 2. The lowest BCUT2D eigenvalue weighted by molar-refractivity contribution is -0.168. The Kier molecular flexibility index (Phi) is 11.7. The Hall–Kier alpha value is -4.18. The normalized spacial score (nSPS) is 12.0. The summed E-state index contributed by atoms with van der Waals surface area (Å²) < 4.78 is 11.2. The summed E-state index contributed by atoms with van der Waals surface area (Å²) in [4.78, 5) is 37.4. The van der Waals surface area contributed by atoms with Crippen molar-refractivity contribution in [2.45, 2.75) is 32.3 Å². The van der Waals surface area contributed by atoms with E-state index in [1.807, 2.05) is 54.6 Å². The molecule has 0 aliphatic carbocycles. The van der Waals surface area contributed by atoms with E-state index < -0.39 is 36.4 Å². The number of esters is 1. The van der Waals surface area contributed by atoms with Crippen molar-refractivity contribution < 1.29 is 39.2 Å². The molecule has 0 aliphatic heterocycles. The van der Waals surface area contributed by atoms with Gasteiger partial charge in [0.1, 0.15) is 18.1 Å². The van der Waals surface area contributed by atoms with Gasteiger partial charge in [-0.25, -0.2) is 4.79 Å². The first-order chi connectivity index (χ1) is 20.1. The number of likely N-dealkylation sites (N-methyl/N-ethyl adjacent to an activating group) is 1. The monoisotopic (exact) mass is 595 g/mol. The maximum Gasteiger partial charge on any atom is 0.344 e. The van der Waals surface area contributed by atoms with Crippen LogP contribution in [0.3, 0.4) is 0 Å². The Balaban J connectivity index is 1.96. The highest BCUT2D eigenvalue weighted by Gasteiger charge is 2.42. The van der Waals surface area contributed by atoms with Gasteiger partial charge < -0.3 is 29.7 Å². The van der Waals surface area contributed by atoms with E-state index in [4.69, 9.17) is 31.3 Å². The molecule has 42 heavy (non-hydrogen) atoms. The summed E-state index contributed by atoms with van der Waals surface area (Å²) >= 11 is 6.94. The van der Waals surface area contributed by atoms with Gasteiger partial charge in [-0.15, -0.1) is 0 Å². The number of carboxylic acids is 2. The van der Waals surface area contributed by atoms with Crippen molar-refractivity contribution in [1.29, 1.82) is 0 Å². The van der Waals surface area contributed by atoms with E-state index in [-0.39, 0.29) is 5.75 Å². The first-order valence-corrected chi connectivity index (χ1v) is 13.8. The summed E-state index contributed by atoms with van der Waals surface area (Å²) in [5.41, 5.74) is -0.0916. The average Bonchev–Trinajstić information content (AvgIpc) is 2.96. The highest BCUT2D eigenvalue weighted by Crippen LogP contribution is 2.37. The quantitative estimate of drug-likeness (QED) is 0.124. The van der Waals surface area contributed by atoms with Crippen molar-refractivity contribution >= 4 is 40.1 Å². The van der Waals surface area contributed by atoms with E-state index in [0.29, 0.717) is 28.5 Å². The van der Waals surface area contributed by atoms with Gasteiger partial charge in [0.15, 0.2) is 5.60 Å². The molecule has 9 nitrogen and oxygen atoms in total. The first kappa shape index (κ1) is 32.3. The van der Waals surface area contributed by atoms with Crippen LogP contribution in [0.2, 0.25) is 0 Å². The molecule has 3 rings (SSSR count). The molecule has 222 valence electrons. The number of aliphatic carboxylic acids is 2. The number of halogens is 1. The highest BCUT2D eigenvalue weighted by molar-refractivity contribution is 6.53. The molecule has 0 radical (unpaired) electrons. The van der Waals surface area contributed by atoms with Crippen molar-refractivity contribution in [3.8, 4) is 11.5 Å². The van der Waals surface area contributed by atoms with Crippen LogP contribution in [0.25, 0.3) is 10.6 Å². The third-order valence-corrected chi connectivity index (χ3v) is 6.97. The zero-order chi connectivity index (χ0) is 30.7. The lowest BCUT2D eigenvalue weighted by atomic mass is 9.94. The molecule has 3 aromatic rings. The second-order valence-electron chi connectivity index (χ2n) is 9.54. The van der Waals surface area contributed by atoms with Gasteiger partial charge in [0.25, 0.3) is 0 Å². The Morgan fingerprint density at radius 1 is 0.786 bits per heavy atom. The lowest BCUT2D eigenvalue weighted by Gasteiger charge is -2.22. The van der Waals surface area contributed by atoms with E-state index in [2.05, 4.69) is 18.7 Å². The van der Waals surface area contributed by atoms with E-state index >= 15 is 0 Å². The molecule has 0 unspecified atom stereocenters. The van der Waals surface area contributed by atoms with Crippen LogP contribution in [0.15, 0.2) is 78.9 Å². The SMILES string of the molecule is CCN(CC)CCOc1ccc(/C(=C(\Cl)c2ccccc2)c2cccc(OC(=O)C(O)(CC(=O)O)CC(=O)O)c2)cc1. The second kappa shape index (κ2) is 15.2. The highest BCUT2D eigenvalue weighted by atomic mass is 35.5. The molecule has 3 N–H and O–H groups in total. The zero-order valence-corrected chi connectivity index (χ0v) is 24.2. The molecule has 0 saturated heterocycles. The first-order valence-electron chi connectivity index (χ1n) is 13.5. The van der Waals surface area contributed by atoms with Gasteiger partial charge in [-0.3, -0.25) is 9.59 Å². The van der Waals surface area contributed by atoms with Crippen LogP contribution in [-0.4, -0.2) is 70.0 Å². The maximum absolute atomic E-state index is 12.8. The van der Waals surface area contributed by atoms with Crippen molar-refractivity contribution in [3.05, 3.63) is 95.6 Å². The fourth-order valence-corrected chi connectivity index (χ4v) is 4.67. The Morgan fingerprint density at radius 2 is 1.38 bits per heavy atom. The van der Waals surface area contributed by atoms with Crippen LogP contribution < -0.4 is 9.47 Å². The molecule has 10 heteroatoms. The van der Waals surface area contributed by atoms with Gasteiger partial charge in [-0.05, 0) is 54.0 Å².